The largest absolute Gasteiger partial charge is 0.488 e. The first-order chi connectivity index (χ1) is 16.2. The lowest BCUT2D eigenvalue weighted by Crippen LogP contribution is -2.49. The van der Waals surface area contributed by atoms with Crippen molar-refractivity contribution in [2.24, 2.45) is 5.92 Å². The van der Waals surface area contributed by atoms with Crippen LogP contribution in [0.5, 0.6) is 5.75 Å². The van der Waals surface area contributed by atoms with Gasteiger partial charge in [-0.1, -0.05) is 56.3 Å². The SMILES string of the molecule is CC.Cc1cc(CN2CC(C(=O)O)C2)ccc1OCc1cc(-c2ccccc2)c(C(C)(F)F)s1. The van der Waals surface area contributed by atoms with Gasteiger partial charge in [0.2, 0.25) is 0 Å². The summed E-state index contributed by atoms with van der Waals surface area (Å²) in [5, 5.41) is 8.99. The quantitative estimate of drug-likeness (QED) is 0.373. The number of carboxylic acids is 1. The molecule has 0 saturated carbocycles. The molecule has 1 aliphatic heterocycles. The van der Waals surface area contributed by atoms with E-state index in [1.807, 2.05) is 69.3 Å². The molecule has 0 spiro atoms. The fraction of sp³-hybridized carbons (Fsp3) is 0.370. The highest BCUT2D eigenvalue weighted by molar-refractivity contribution is 7.12. The summed E-state index contributed by atoms with van der Waals surface area (Å²) in [6.45, 7) is 8.93. The van der Waals surface area contributed by atoms with E-state index in [2.05, 4.69) is 4.90 Å². The van der Waals surface area contributed by atoms with Crippen LogP contribution in [0, 0.1) is 12.8 Å². The molecule has 0 atom stereocenters. The van der Waals surface area contributed by atoms with Gasteiger partial charge in [0, 0.05) is 37.0 Å². The fourth-order valence-electron chi connectivity index (χ4n) is 3.91. The van der Waals surface area contributed by atoms with Gasteiger partial charge in [0.15, 0.2) is 0 Å². The Morgan fingerprint density at radius 2 is 1.82 bits per heavy atom. The molecule has 34 heavy (non-hydrogen) atoms. The third kappa shape index (κ3) is 6.21. The Kier molecular flexibility index (Phi) is 8.44. The highest BCUT2D eigenvalue weighted by Crippen LogP contribution is 2.42. The molecule has 7 heteroatoms. The Morgan fingerprint density at radius 3 is 2.41 bits per heavy atom. The number of carbonyl (C=O) groups is 1. The number of alkyl halides is 2. The molecule has 1 N–H and O–H groups in total. The number of hydrogen-bond donors (Lipinski definition) is 1. The van der Waals surface area contributed by atoms with Crippen LogP contribution < -0.4 is 4.74 Å². The second-order valence-electron chi connectivity index (χ2n) is 8.33. The van der Waals surface area contributed by atoms with Crippen LogP contribution in [0.4, 0.5) is 8.78 Å². The van der Waals surface area contributed by atoms with Gasteiger partial charge in [-0.15, -0.1) is 11.3 Å². The molecule has 2 aromatic carbocycles. The van der Waals surface area contributed by atoms with E-state index in [0.717, 1.165) is 39.8 Å². The molecular weight excluding hydrogens is 456 g/mol. The van der Waals surface area contributed by atoms with E-state index in [-0.39, 0.29) is 17.4 Å². The molecule has 4 nitrogen and oxygen atoms in total. The number of aryl methyl sites for hydroxylation is 1. The van der Waals surface area contributed by atoms with E-state index < -0.39 is 11.9 Å². The van der Waals surface area contributed by atoms with Crippen LogP contribution in [0.1, 0.15) is 41.7 Å². The van der Waals surface area contributed by atoms with E-state index in [9.17, 15) is 13.6 Å². The molecule has 1 aliphatic rings. The topological polar surface area (TPSA) is 49.8 Å². The summed E-state index contributed by atoms with van der Waals surface area (Å²) in [5.74, 6) is -3.23. The lowest BCUT2D eigenvalue weighted by Gasteiger charge is -2.36. The number of benzene rings is 2. The third-order valence-electron chi connectivity index (χ3n) is 5.59. The highest BCUT2D eigenvalue weighted by atomic mass is 32.1. The molecule has 1 saturated heterocycles. The van der Waals surface area contributed by atoms with Crippen LogP contribution in [0.15, 0.2) is 54.6 Å². The van der Waals surface area contributed by atoms with E-state index in [0.29, 0.717) is 30.9 Å². The van der Waals surface area contributed by atoms with E-state index in [1.54, 1.807) is 6.07 Å². The monoisotopic (exact) mass is 487 g/mol. The Hall–Kier alpha value is -2.77. The summed E-state index contributed by atoms with van der Waals surface area (Å²) in [7, 11) is 0. The van der Waals surface area contributed by atoms with Crippen molar-refractivity contribution < 1.29 is 23.4 Å². The van der Waals surface area contributed by atoms with Crippen molar-refractivity contribution >= 4 is 17.3 Å². The Bertz CT molecular complexity index is 1100. The van der Waals surface area contributed by atoms with Crippen LogP contribution >= 0.6 is 11.3 Å². The lowest BCUT2D eigenvalue weighted by atomic mass is 9.99. The summed E-state index contributed by atoms with van der Waals surface area (Å²) < 4.78 is 34.4. The number of ether oxygens (including phenoxy) is 1. The summed E-state index contributed by atoms with van der Waals surface area (Å²) >= 11 is 1.08. The van der Waals surface area contributed by atoms with Crippen LogP contribution in [-0.4, -0.2) is 29.1 Å². The van der Waals surface area contributed by atoms with E-state index in [4.69, 9.17) is 9.84 Å². The molecule has 0 aliphatic carbocycles. The minimum Gasteiger partial charge on any atom is -0.488 e. The van der Waals surface area contributed by atoms with Gasteiger partial charge in [-0.25, -0.2) is 8.78 Å². The predicted molar refractivity (Wildman–Crippen MR) is 133 cm³/mol. The number of thiophene rings is 1. The normalized spacial score (nSPS) is 14.2. The van der Waals surface area contributed by atoms with Gasteiger partial charge in [0.1, 0.15) is 12.4 Å². The maximum Gasteiger partial charge on any atom is 0.309 e. The lowest BCUT2D eigenvalue weighted by molar-refractivity contribution is -0.147. The average molecular weight is 488 g/mol. The van der Waals surface area contributed by atoms with Crippen molar-refractivity contribution in [2.45, 2.75) is 46.8 Å². The van der Waals surface area contributed by atoms with Gasteiger partial charge >= 0.3 is 5.97 Å². The number of aliphatic carboxylic acids is 1. The number of carboxylic acid groups (broad SMARTS) is 1. The molecule has 1 aromatic heterocycles. The average Bonchev–Trinajstić information content (AvgIpc) is 3.22. The molecule has 1 fully saturated rings. The molecule has 0 unspecified atom stereocenters. The van der Waals surface area contributed by atoms with Gasteiger partial charge in [0.25, 0.3) is 5.92 Å². The number of likely N-dealkylation sites (tertiary alicyclic amines) is 1. The van der Waals surface area contributed by atoms with Gasteiger partial charge in [-0.05, 0) is 35.7 Å². The maximum absolute atomic E-state index is 14.2. The van der Waals surface area contributed by atoms with Crippen molar-refractivity contribution in [1.29, 1.82) is 0 Å². The molecule has 0 bridgehead atoms. The van der Waals surface area contributed by atoms with Crippen molar-refractivity contribution in [3.05, 3.63) is 75.5 Å². The summed E-state index contributed by atoms with van der Waals surface area (Å²) in [6.07, 6.45) is 0. The van der Waals surface area contributed by atoms with Gasteiger partial charge in [0.05, 0.1) is 10.8 Å². The summed E-state index contributed by atoms with van der Waals surface area (Å²) in [6, 6.07) is 16.9. The zero-order valence-electron chi connectivity index (χ0n) is 20.0. The van der Waals surface area contributed by atoms with Crippen molar-refractivity contribution in [2.75, 3.05) is 13.1 Å². The summed E-state index contributed by atoms with van der Waals surface area (Å²) in [4.78, 5) is 13.8. The zero-order valence-corrected chi connectivity index (χ0v) is 20.8. The maximum atomic E-state index is 14.2. The number of nitrogens with zero attached hydrogens (tertiary/aromatic N) is 1. The van der Waals surface area contributed by atoms with Crippen LogP contribution in [0.2, 0.25) is 0 Å². The molecule has 3 aromatic rings. The molecule has 0 amide bonds. The first kappa shape index (κ1) is 25.8. The van der Waals surface area contributed by atoms with Crippen molar-refractivity contribution in [3.8, 4) is 16.9 Å². The third-order valence-corrected chi connectivity index (χ3v) is 6.87. The first-order valence-electron chi connectivity index (χ1n) is 11.4. The van der Waals surface area contributed by atoms with Crippen LogP contribution in [0.3, 0.4) is 0 Å². The van der Waals surface area contributed by atoms with Crippen LogP contribution in [0.25, 0.3) is 11.1 Å². The molecule has 182 valence electrons. The molecule has 0 radical (unpaired) electrons. The smallest absolute Gasteiger partial charge is 0.309 e. The summed E-state index contributed by atoms with van der Waals surface area (Å²) in [5.41, 5.74) is 3.36. The zero-order chi connectivity index (χ0) is 24.9. The Labute approximate surface area is 203 Å². The van der Waals surface area contributed by atoms with Crippen molar-refractivity contribution in [1.82, 2.24) is 4.90 Å². The van der Waals surface area contributed by atoms with E-state index in [1.165, 1.54) is 0 Å². The second-order valence-corrected chi connectivity index (χ2v) is 9.46. The standard InChI is InChI=1S/C25H25F2NO3S.C2H6/c1-16-10-17(12-28-13-19(14-28)24(29)30)8-9-22(16)31-15-20-11-21(18-6-4-3-5-7-18)23(32-20)25(2,26)27;1-2/h3-11,19H,12-15H2,1-2H3,(H,29,30);1-2H3. The molecular formula is C27H31F2NO3S. The van der Waals surface area contributed by atoms with E-state index >= 15 is 0 Å². The Morgan fingerprint density at radius 1 is 1.15 bits per heavy atom. The molecule has 4 rings (SSSR count). The minimum atomic E-state index is -2.93. The Balaban J connectivity index is 0.00000158. The van der Waals surface area contributed by atoms with Gasteiger partial charge in [-0.3, -0.25) is 9.69 Å². The fourth-order valence-corrected chi connectivity index (χ4v) is 4.93. The number of rotatable bonds is 8. The van der Waals surface area contributed by atoms with Crippen molar-refractivity contribution in [3.63, 3.8) is 0 Å². The number of halogens is 2. The second kappa shape index (κ2) is 11.1. The minimum absolute atomic E-state index is 0.0450. The van der Waals surface area contributed by atoms with Crippen LogP contribution in [-0.2, 0) is 23.9 Å². The first-order valence-corrected chi connectivity index (χ1v) is 12.3. The highest BCUT2D eigenvalue weighted by Gasteiger charge is 2.32. The van der Waals surface area contributed by atoms with Gasteiger partial charge < -0.3 is 9.84 Å². The molecule has 2 heterocycles. The van der Waals surface area contributed by atoms with Gasteiger partial charge in [-0.2, -0.15) is 0 Å². The predicted octanol–water partition coefficient (Wildman–Crippen LogP) is 6.96. The number of hydrogen-bond acceptors (Lipinski definition) is 4.